The lowest BCUT2D eigenvalue weighted by Gasteiger charge is -2.26. The second kappa shape index (κ2) is 7.22. The number of carboxylic acid groups (broad SMARTS) is 1. The first-order valence-corrected chi connectivity index (χ1v) is 6.99. The first kappa shape index (κ1) is 17.2. The highest BCUT2D eigenvalue weighted by Gasteiger charge is 2.37. The Balaban J connectivity index is 2.76. The summed E-state index contributed by atoms with van der Waals surface area (Å²) in [5.41, 5.74) is -0.583. The molecule has 0 fully saturated rings. The lowest BCUT2D eigenvalue weighted by molar-refractivity contribution is -0.145. The number of carbonyl (C=O) groups is 2. The summed E-state index contributed by atoms with van der Waals surface area (Å²) in [5.74, 6) is -1.25. The van der Waals surface area contributed by atoms with Crippen LogP contribution in [0.2, 0.25) is 0 Å². The molecule has 1 rings (SSSR count). The molecular formula is C16H24N2O3. The van der Waals surface area contributed by atoms with E-state index in [9.17, 15) is 14.7 Å². The Morgan fingerprint density at radius 2 is 1.86 bits per heavy atom. The Labute approximate surface area is 126 Å². The number of nitrogens with zero attached hydrogens (tertiary/aromatic N) is 1. The van der Waals surface area contributed by atoms with Gasteiger partial charge in [0.05, 0.1) is 5.41 Å². The van der Waals surface area contributed by atoms with Crippen molar-refractivity contribution in [3.8, 4) is 0 Å². The maximum absolute atomic E-state index is 12.1. The van der Waals surface area contributed by atoms with Crippen LogP contribution >= 0.6 is 0 Å². The molecule has 0 aliphatic heterocycles. The molecule has 0 spiro atoms. The summed E-state index contributed by atoms with van der Waals surface area (Å²) >= 11 is 0. The number of carboxylic acids is 1. The maximum Gasteiger partial charge on any atom is 0.314 e. The van der Waals surface area contributed by atoms with E-state index in [4.69, 9.17) is 0 Å². The van der Waals surface area contributed by atoms with Gasteiger partial charge in [0.2, 0.25) is 5.91 Å². The zero-order valence-electron chi connectivity index (χ0n) is 13.1. The van der Waals surface area contributed by atoms with Gasteiger partial charge in [0, 0.05) is 19.0 Å². The molecule has 0 radical (unpaired) electrons. The molecule has 1 aromatic carbocycles. The highest BCUT2D eigenvalue weighted by Crippen LogP contribution is 2.27. The molecule has 2 atom stereocenters. The van der Waals surface area contributed by atoms with E-state index >= 15 is 0 Å². The molecule has 21 heavy (non-hydrogen) atoms. The third kappa shape index (κ3) is 4.56. The predicted octanol–water partition coefficient (Wildman–Crippen LogP) is 1.49. The molecule has 116 valence electrons. The Morgan fingerprint density at radius 3 is 2.33 bits per heavy atom. The van der Waals surface area contributed by atoms with Crippen molar-refractivity contribution in [1.82, 2.24) is 10.2 Å². The molecule has 0 bridgehead atoms. The molecule has 0 saturated heterocycles. The minimum Gasteiger partial charge on any atom is -0.481 e. The minimum absolute atomic E-state index is 0.0769. The molecule has 1 aromatic rings. The largest absolute Gasteiger partial charge is 0.481 e. The van der Waals surface area contributed by atoms with Crippen molar-refractivity contribution < 1.29 is 14.7 Å². The number of amides is 1. The molecular weight excluding hydrogens is 268 g/mol. The summed E-state index contributed by atoms with van der Waals surface area (Å²) in [6, 6.07) is 9.06. The van der Waals surface area contributed by atoms with E-state index in [0.29, 0.717) is 12.1 Å². The number of nitrogens with one attached hydrogen (secondary N) is 1. The van der Waals surface area contributed by atoms with Gasteiger partial charge in [0.15, 0.2) is 0 Å². The molecule has 1 amide bonds. The zero-order valence-corrected chi connectivity index (χ0v) is 13.1. The molecule has 5 nitrogen and oxygen atoms in total. The fourth-order valence-corrected chi connectivity index (χ4v) is 1.93. The first-order valence-electron chi connectivity index (χ1n) is 6.99. The smallest absolute Gasteiger partial charge is 0.314 e. The maximum atomic E-state index is 12.1. The third-order valence-electron chi connectivity index (χ3n) is 3.87. The standard InChI is InChI=1S/C16H24N2O3/c1-12(18(3)4)11-17-14(19)10-16(2,15(20)21)13-8-6-5-7-9-13/h5-9,12H,10-11H2,1-4H3,(H,17,19)(H,20,21). The predicted molar refractivity (Wildman–Crippen MR) is 82.2 cm³/mol. The number of hydrogen-bond acceptors (Lipinski definition) is 3. The number of carbonyl (C=O) groups excluding carboxylic acids is 1. The van der Waals surface area contributed by atoms with Gasteiger partial charge in [-0.1, -0.05) is 30.3 Å². The van der Waals surface area contributed by atoms with Crippen LogP contribution in [0.3, 0.4) is 0 Å². The summed E-state index contributed by atoms with van der Waals surface area (Å²) in [6.45, 7) is 4.07. The molecule has 0 aromatic heterocycles. The van der Waals surface area contributed by atoms with E-state index in [1.807, 2.05) is 32.0 Å². The number of benzene rings is 1. The van der Waals surface area contributed by atoms with E-state index in [-0.39, 0.29) is 18.4 Å². The van der Waals surface area contributed by atoms with Crippen molar-refractivity contribution in [2.75, 3.05) is 20.6 Å². The summed E-state index contributed by atoms with van der Waals surface area (Å²) in [4.78, 5) is 25.7. The van der Waals surface area contributed by atoms with Gasteiger partial charge in [-0.15, -0.1) is 0 Å². The van der Waals surface area contributed by atoms with Gasteiger partial charge in [0.1, 0.15) is 0 Å². The van der Waals surface area contributed by atoms with E-state index in [1.165, 1.54) is 0 Å². The van der Waals surface area contributed by atoms with Gasteiger partial charge < -0.3 is 15.3 Å². The lowest BCUT2D eigenvalue weighted by Crippen LogP contribution is -2.42. The zero-order chi connectivity index (χ0) is 16.0. The molecule has 2 unspecified atom stereocenters. The van der Waals surface area contributed by atoms with Gasteiger partial charge in [-0.05, 0) is 33.5 Å². The second-order valence-corrected chi connectivity index (χ2v) is 5.80. The second-order valence-electron chi connectivity index (χ2n) is 5.80. The highest BCUT2D eigenvalue weighted by atomic mass is 16.4. The van der Waals surface area contributed by atoms with E-state index < -0.39 is 11.4 Å². The van der Waals surface area contributed by atoms with Crippen molar-refractivity contribution in [3.05, 3.63) is 35.9 Å². The Hall–Kier alpha value is -1.88. The van der Waals surface area contributed by atoms with Gasteiger partial charge >= 0.3 is 5.97 Å². The highest BCUT2D eigenvalue weighted by molar-refractivity contribution is 5.89. The fraction of sp³-hybridized carbons (Fsp3) is 0.500. The summed E-state index contributed by atoms with van der Waals surface area (Å²) in [5, 5.41) is 12.3. The van der Waals surface area contributed by atoms with Gasteiger partial charge in [-0.25, -0.2) is 0 Å². The van der Waals surface area contributed by atoms with Crippen molar-refractivity contribution in [1.29, 1.82) is 0 Å². The topological polar surface area (TPSA) is 69.6 Å². The lowest BCUT2D eigenvalue weighted by atomic mass is 9.79. The summed E-state index contributed by atoms with van der Waals surface area (Å²) in [7, 11) is 3.87. The van der Waals surface area contributed by atoms with Gasteiger partial charge in [-0.3, -0.25) is 9.59 Å². The monoisotopic (exact) mass is 292 g/mol. The van der Waals surface area contributed by atoms with Gasteiger partial charge in [0.25, 0.3) is 0 Å². The summed E-state index contributed by atoms with van der Waals surface area (Å²) in [6.07, 6.45) is -0.0769. The van der Waals surface area contributed by atoms with Crippen molar-refractivity contribution in [2.24, 2.45) is 0 Å². The van der Waals surface area contributed by atoms with Crippen molar-refractivity contribution in [2.45, 2.75) is 31.7 Å². The molecule has 0 aliphatic carbocycles. The van der Waals surface area contributed by atoms with Crippen LogP contribution in [0.25, 0.3) is 0 Å². The van der Waals surface area contributed by atoms with Crippen LogP contribution in [0.1, 0.15) is 25.8 Å². The third-order valence-corrected chi connectivity index (χ3v) is 3.87. The Morgan fingerprint density at radius 1 is 1.29 bits per heavy atom. The number of likely N-dealkylation sites (N-methyl/N-ethyl adjacent to an activating group) is 1. The van der Waals surface area contributed by atoms with Crippen LogP contribution < -0.4 is 5.32 Å². The number of aliphatic carboxylic acids is 1. The fourth-order valence-electron chi connectivity index (χ4n) is 1.93. The van der Waals surface area contributed by atoms with Crippen LogP contribution in [-0.2, 0) is 15.0 Å². The quantitative estimate of drug-likeness (QED) is 0.799. The van der Waals surface area contributed by atoms with E-state index in [0.717, 1.165) is 0 Å². The molecule has 0 aliphatic rings. The van der Waals surface area contributed by atoms with Crippen molar-refractivity contribution in [3.63, 3.8) is 0 Å². The minimum atomic E-state index is -1.22. The van der Waals surface area contributed by atoms with Crippen LogP contribution in [0.5, 0.6) is 0 Å². The van der Waals surface area contributed by atoms with Crippen LogP contribution in [0, 0.1) is 0 Å². The molecule has 0 heterocycles. The average molecular weight is 292 g/mol. The van der Waals surface area contributed by atoms with E-state index in [1.54, 1.807) is 31.2 Å². The van der Waals surface area contributed by atoms with Gasteiger partial charge in [-0.2, -0.15) is 0 Å². The Kier molecular flexibility index (Phi) is 5.90. The van der Waals surface area contributed by atoms with E-state index in [2.05, 4.69) is 5.32 Å². The number of rotatable bonds is 7. The molecule has 2 N–H and O–H groups in total. The van der Waals surface area contributed by atoms with Crippen molar-refractivity contribution >= 4 is 11.9 Å². The molecule has 5 heteroatoms. The van der Waals surface area contributed by atoms with Crippen LogP contribution in [0.4, 0.5) is 0 Å². The first-order chi connectivity index (χ1) is 9.77. The molecule has 0 saturated carbocycles. The Bertz CT molecular complexity index is 488. The van der Waals surface area contributed by atoms with Crippen LogP contribution in [0.15, 0.2) is 30.3 Å². The van der Waals surface area contributed by atoms with Crippen LogP contribution in [-0.4, -0.2) is 48.6 Å². The average Bonchev–Trinajstić information content (AvgIpc) is 2.45. The summed E-state index contributed by atoms with van der Waals surface area (Å²) < 4.78 is 0. The number of hydrogen-bond donors (Lipinski definition) is 2. The SMILES string of the molecule is CC(CNC(=O)CC(C)(C(=O)O)c1ccccc1)N(C)C. The normalized spacial score (nSPS) is 15.3.